The van der Waals surface area contributed by atoms with Crippen molar-refractivity contribution in [3.05, 3.63) is 101 Å². The summed E-state index contributed by atoms with van der Waals surface area (Å²) in [7, 11) is 1.66. The van der Waals surface area contributed by atoms with Crippen LogP contribution < -0.4 is 4.74 Å². The van der Waals surface area contributed by atoms with Crippen LogP contribution in [-0.4, -0.2) is 12.9 Å². The second-order valence-electron chi connectivity index (χ2n) is 5.42. The molecule has 0 atom stereocenters. The summed E-state index contributed by atoms with van der Waals surface area (Å²) < 4.78 is 5.15. The lowest BCUT2D eigenvalue weighted by Gasteiger charge is -2.02. The maximum absolute atomic E-state index is 12.4. The zero-order chi connectivity index (χ0) is 16.8. The van der Waals surface area contributed by atoms with Crippen molar-refractivity contribution in [2.24, 2.45) is 0 Å². The molecule has 0 saturated heterocycles. The molecule has 118 valence electrons. The molecule has 3 aromatic carbocycles. The predicted molar refractivity (Wildman–Crippen MR) is 98.2 cm³/mol. The van der Waals surface area contributed by atoms with Crippen LogP contribution in [0.15, 0.2) is 78.9 Å². The summed E-state index contributed by atoms with van der Waals surface area (Å²) in [5.41, 5.74) is 3.55. The normalized spacial score (nSPS) is 10.7. The molecule has 24 heavy (non-hydrogen) atoms. The van der Waals surface area contributed by atoms with Crippen molar-refractivity contribution in [1.29, 1.82) is 0 Å². The van der Waals surface area contributed by atoms with Crippen LogP contribution in [0.4, 0.5) is 0 Å². The van der Waals surface area contributed by atoms with E-state index < -0.39 is 0 Å². The lowest BCUT2D eigenvalue weighted by molar-refractivity contribution is 0.103. The van der Waals surface area contributed by atoms with Crippen molar-refractivity contribution < 1.29 is 9.53 Å². The SMILES string of the molecule is COc1ccc(/C=C/c2ccc(C(=O)c3ccccc3)cc2)cc1. The van der Waals surface area contributed by atoms with Crippen LogP contribution in [0.1, 0.15) is 27.0 Å². The number of ether oxygens (including phenoxy) is 1. The molecular formula is C22H18O2. The van der Waals surface area contributed by atoms with E-state index in [2.05, 4.69) is 0 Å². The van der Waals surface area contributed by atoms with Gasteiger partial charge in [-0.2, -0.15) is 0 Å². The highest BCUT2D eigenvalue weighted by Gasteiger charge is 2.07. The zero-order valence-corrected chi connectivity index (χ0v) is 13.5. The number of ketones is 1. The Bertz CT molecular complexity index is 829. The van der Waals surface area contributed by atoms with Crippen molar-refractivity contribution >= 4 is 17.9 Å². The lowest BCUT2D eigenvalue weighted by Crippen LogP contribution is -2.00. The van der Waals surface area contributed by atoms with E-state index >= 15 is 0 Å². The van der Waals surface area contributed by atoms with Crippen molar-refractivity contribution in [2.75, 3.05) is 7.11 Å². The molecule has 3 aromatic rings. The molecule has 0 aliphatic rings. The Morgan fingerprint density at radius 2 is 1.21 bits per heavy atom. The zero-order valence-electron chi connectivity index (χ0n) is 13.5. The number of carbonyl (C=O) groups excluding carboxylic acids is 1. The summed E-state index contributed by atoms with van der Waals surface area (Å²) in [5, 5.41) is 0. The van der Waals surface area contributed by atoms with Gasteiger partial charge in [-0.25, -0.2) is 0 Å². The summed E-state index contributed by atoms with van der Waals surface area (Å²) in [5.74, 6) is 0.886. The second kappa shape index (κ2) is 7.42. The van der Waals surface area contributed by atoms with Gasteiger partial charge in [-0.3, -0.25) is 4.79 Å². The van der Waals surface area contributed by atoms with Crippen molar-refractivity contribution in [3.8, 4) is 5.75 Å². The average molecular weight is 314 g/mol. The van der Waals surface area contributed by atoms with Gasteiger partial charge in [-0.15, -0.1) is 0 Å². The Morgan fingerprint density at radius 3 is 1.75 bits per heavy atom. The Kier molecular flexibility index (Phi) is 4.87. The third kappa shape index (κ3) is 3.79. The first-order valence-corrected chi connectivity index (χ1v) is 7.78. The smallest absolute Gasteiger partial charge is 0.193 e. The fraction of sp³-hybridized carbons (Fsp3) is 0.0455. The van der Waals surface area contributed by atoms with Gasteiger partial charge in [0.25, 0.3) is 0 Å². The molecule has 2 heteroatoms. The van der Waals surface area contributed by atoms with Gasteiger partial charge >= 0.3 is 0 Å². The van der Waals surface area contributed by atoms with E-state index in [1.807, 2.05) is 91.0 Å². The molecular weight excluding hydrogens is 296 g/mol. The van der Waals surface area contributed by atoms with Gasteiger partial charge in [0.2, 0.25) is 0 Å². The molecule has 0 aliphatic carbocycles. The minimum atomic E-state index is 0.0429. The standard InChI is InChI=1S/C22H18O2/c1-24-21-15-11-18(12-16-21)8-7-17-9-13-20(14-10-17)22(23)19-5-3-2-4-6-19/h2-16H,1H3/b8-7+. The Hall–Kier alpha value is -3.13. The van der Waals surface area contributed by atoms with Crippen molar-refractivity contribution in [1.82, 2.24) is 0 Å². The first-order chi connectivity index (χ1) is 11.8. The Labute approximate surface area is 142 Å². The molecule has 0 aromatic heterocycles. The molecule has 0 aliphatic heterocycles. The molecule has 0 heterocycles. The number of rotatable bonds is 5. The van der Waals surface area contributed by atoms with Gasteiger partial charge in [0.15, 0.2) is 5.78 Å². The van der Waals surface area contributed by atoms with Gasteiger partial charge in [-0.1, -0.05) is 78.9 Å². The third-order valence-corrected chi connectivity index (χ3v) is 3.79. The number of hydrogen-bond donors (Lipinski definition) is 0. The highest BCUT2D eigenvalue weighted by molar-refractivity contribution is 6.09. The van der Waals surface area contributed by atoms with E-state index in [1.165, 1.54) is 0 Å². The largest absolute Gasteiger partial charge is 0.497 e. The molecule has 2 nitrogen and oxygen atoms in total. The monoisotopic (exact) mass is 314 g/mol. The van der Waals surface area contributed by atoms with E-state index in [1.54, 1.807) is 7.11 Å². The highest BCUT2D eigenvalue weighted by Crippen LogP contribution is 2.15. The predicted octanol–water partition coefficient (Wildman–Crippen LogP) is 5.10. The van der Waals surface area contributed by atoms with E-state index in [9.17, 15) is 4.79 Å². The average Bonchev–Trinajstić information content (AvgIpc) is 2.67. The van der Waals surface area contributed by atoms with Crippen molar-refractivity contribution in [2.45, 2.75) is 0 Å². The fourth-order valence-electron chi connectivity index (χ4n) is 2.41. The molecule has 0 unspecified atom stereocenters. The molecule has 0 N–H and O–H groups in total. The van der Waals surface area contributed by atoms with Crippen LogP contribution in [0.2, 0.25) is 0 Å². The molecule has 0 spiro atoms. The molecule has 3 rings (SSSR count). The Balaban J connectivity index is 1.72. The molecule has 0 radical (unpaired) electrons. The fourth-order valence-corrected chi connectivity index (χ4v) is 2.41. The number of benzene rings is 3. The molecule has 0 amide bonds. The summed E-state index contributed by atoms with van der Waals surface area (Å²) >= 11 is 0. The summed E-state index contributed by atoms with van der Waals surface area (Å²) in [6.07, 6.45) is 4.06. The lowest BCUT2D eigenvalue weighted by atomic mass is 10.0. The minimum Gasteiger partial charge on any atom is -0.497 e. The van der Waals surface area contributed by atoms with Crippen LogP contribution in [0.5, 0.6) is 5.75 Å². The van der Waals surface area contributed by atoms with Gasteiger partial charge in [0, 0.05) is 11.1 Å². The van der Waals surface area contributed by atoms with Gasteiger partial charge < -0.3 is 4.74 Å². The van der Waals surface area contributed by atoms with Crippen LogP contribution in [0.25, 0.3) is 12.2 Å². The first kappa shape index (κ1) is 15.8. The molecule has 0 fully saturated rings. The Morgan fingerprint density at radius 1 is 0.708 bits per heavy atom. The van der Waals surface area contributed by atoms with Gasteiger partial charge in [-0.05, 0) is 23.3 Å². The quantitative estimate of drug-likeness (QED) is 0.484. The first-order valence-electron chi connectivity index (χ1n) is 7.78. The molecule has 0 saturated carbocycles. The van der Waals surface area contributed by atoms with Crippen LogP contribution in [-0.2, 0) is 0 Å². The van der Waals surface area contributed by atoms with Crippen molar-refractivity contribution in [3.63, 3.8) is 0 Å². The topological polar surface area (TPSA) is 26.3 Å². The highest BCUT2D eigenvalue weighted by atomic mass is 16.5. The third-order valence-electron chi connectivity index (χ3n) is 3.79. The summed E-state index contributed by atoms with van der Waals surface area (Å²) in [4.78, 5) is 12.4. The van der Waals surface area contributed by atoms with Gasteiger partial charge in [0.1, 0.15) is 5.75 Å². The summed E-state index contributed by atoms with van der Waals surface area (Å²) in [6, 6.07) is 24.8. The minimum absolute atomic E-state index is 0.0429. The van der Waals surface area contributed by atoms with E-state index in [-0.39, 0.29) is 5.78 Å². The number of methoxy groups -OCH3 is 1. The maximum Gasteiger partial charge on any atom is 0.193 e. The van der Waals surface area contributed by atoms with Crippen LogP contribution >= 0.6 is 0 Å². The molecule has 0 bridgehead atoms. The second-order valence-corrected chi connectivity index (χ2v) is 5.42. The van der Waals surface area contributed by atoms with E-state index in [4.69, 9.17) is 4.74 Å². The number of hydrogen-bond acceptors (Lipinski definition) is 2. The number of carbonyl (C=O) groups is 1. The maximum atomic E-state index is 12.4. The van der Waals surface area contributed by atoms with E-state index in [0.717, 1.165) is 16.9 Å². The summed E-state index contributed by atoms with van der Waals surface area (Å²) in [6.45, 7) is 0. The van der Waals surface area contributed by atoms with Crippen LogP contribution in [0, 0.1) is 0 Å². The van der Waals surface area contributed by atoms with Gasteiger partial charge in [0.05, 0.1) is 7.11 Å². The van der Waals surface area contributed by atoms with Crippen LogP contribution in [0.3, 0.4) is 0 Å². The van der Waals surface area contributed by atoms with E-state index in [0.29, 0.717) is 11.1 Å².